The highest BCUT2D eigenvalue weighted by atomic mass is 14.3. The molecule has 12 heavy (non-hydrogen) atoms. The van der Waals surface area contributed by atoms with E-state index in [1.165, 1.54) is 32.1 Å². The molecular formula is C11H19N. The van der Waals surface area contributed by atoms with Crippen LogP contribution in [0.2, 0.25) is 0 Å². The Balaban J connectivity index is 2.35. The Kier molecular flexibility index (Phi) is 4.14. The number of hydrogen-bond donors (Lipinski definition) is 0. The molecule has 0 spiro atoms. The van der Waals surface area contributed by atoms with E-state index in [0.29, 0.717) is 5.92 Å². The smallest absolute Gasteiger partial charge is 0.0655 e. The fraction of sp³-hybridized carbons (Fsp3) is 0.909. The molecule has 1 aliphatic carbocycles. The highest BCUT2D eigenvalue weighted by Crippen LogP contribution is 2.24. The molecule has 0 N–H and O–H groups in total. The Morgan fingerprint density at radius 1 is 1.00 bits per heavy atom. The first-order valence-corrected chi connectivity index (χ1v) is 5.22. The van der Waals surface area contributed by atoms with Gasteiger partial charge >= 0.3 is 0 Å². The number of hydrogen-bond acceptors (Lipinski definition) is 1. The normalized spacial score (nSPS) is 32.7. The molecule has 68 valence electrons. The minimum absolute atomic E-state index is 0.352. The Labute approximate surface area is 75.8 Å². The lowest BCUT2D eigenvalue weighted by Gasteiger charge is -2.09. The molecule has 0 radical (unpaired) electrons. The molecule has 0 bridgehead atoms. The average molecular weight is 165 g/mol. The second kappa shape index (κ2) is 5.19. The first kappa shape index (κ1) is 9.58. The Bertz CT molecular complexity index is 157. The van der Waals surface area contributed by atoms with Crippen molar-refractivity contribution in [1.29, 1.82) is 5.26 Å². The standard InChI is InChI=1S/C11H19N/c1-10-5-3-2-4-6-11(9-12)8-7-10/h10-11H,2-8H2,1H3. The molecule has 0 saturated heterocycles. The minimum atomic E-state index is 0.352. The lowest BCUT2D eigenvalue weighted by atomic mass is 9.95. The van der Waals surface area contributed by atoms with Crippen LogP contribution in [0.1, 0.15) is 51.9 Å². The van der Waals surface area contributed by atoms with Gasteiger partial charge in [0.2, 0.25) is 0 Å². The molecule has 1 saturated carbocycles. The topological polar surface area (TPSA) is 23.8 Å². The van der Waals surface area contributed by atoms with Gasteiger partial charge < -0.3 is 0 Å². The van der Waals surface area contributed by atoms with E-state index in [1.54, 1.807) is 0 Å². The molecule has 1 nitrogen and oxygen atoms in total. The van der Waals surface area contributed by atoms with Crippen molar-refractivity contribution in [3.8, 4) is 6.07 Å². The molecule has 2 unspecified atom stereocenters. The Morgan fingerprint density at radius 2 is 1.75 bits per heavy atom. The van der Waals surface area contributed by atoms with Crippen LogP contribution in [-0.2, 0) is 0 Å². The van der Waals surface area contributed by atoms with Crippen molar-refractivity contribution < 1.29 is 0 Å². The molecule has 0 aromatic heterocycles. The van der Waals surface area contributed by atoms with Gasteiger partial charge in [0.25, 0.3) is 0 Å². The van der Waals surface area contributed by atoms with E-state index in [-0.39, 0.29) is 0 Å². The van der Waals surface area contributed by atoms with Crippen LogP contribution in [0.5, 0.6) is 0 Å². The maximum Gasteiger partial charge on any atom is 0.0655 e. The highest BCUT2D eigenvalue weighted by molar-refractivity contribution is 4.83. The number of nitrogens with zero attached hydrogens (tertiary/aromatic N) is 1. The van der Waals surface area contributed by atoms with E-state index in [9.17, 15) is 0 Å². The van der Waals surface area contributed by atoms with Crippen molar-refractivity contribution in [2.75, 3.05) is 0 Å². The van der Waals surface area contributed by atoms with Crippen LogP contribution in [0, 0.1) is 23.2 Å². The first-order chi connectivity index (χ1) is 5.83. The van der Waals surface area contributed by atoms with Gasteiger partial charge in [-0.25, -0.2) is 0 Å². The molecule has 0 aromatic rings. The Morgan fingerprint density at radius 3 is 2.50 bits per heavy atom. The summed E-state index contributed by atoms with van der Waals surface area (Å²) in [6.45, 7) is 2.32. The molecule has 2 atom stereocenters. The number of nitriles is 1. The lowest BCUT2D eigenvalue weighted by molar-refractivity contribution is 0.441. The third-order valence-electron chi connectivity index (χ3n) is 2.94. The lowest BCUT2D eigenvalue weighted by Crippen LogP contribution is -1.99. The van der Waals surface area contributed by atoms with Crippen molar-refractivity contribution in [2.45, 2.75) is 51.9 Å². The third kappa shape index (κ3) is 3.26. The second-order valence-electron chi connectivity index (χ2n) is 4.15. The van der Waals surface area contributed by atoms with Crippen LogP contribution in [0.15, 0.2) is 0 Å². The van der Waals surface area contributed by atoms with E-state index in [1.807, 2.05) is 0 Å². The minimum Gasteiger partial charge on any atom is -0.198 e. The van der Waals surface area contributed by atoms with Gasteiger partial charge in [0.15, 0.2) is 0 Å². The summed E-state index contributed by atoms with van der Waals surface area (Å²) >= 11 is 0. The molecular weight excluding hydrogens is 146 g/mol. The predicted octanol–water partition coefficient (Wildman–Crippen LogP) is 3.51. The third-order valence-corrected chi connectivity index (χ3v) is 2.94. The summed E-state index contributed by atoms with van der Waals surface area (Å²) in [4.78, 5) is 0. The van der Waals surface area contributed by atoms with Crippen LogP contribution < -0.4 is 0 Å². The maximum absolute atomic E-state index is 8.84. The van der Waals surface area contributed by atoms with E-state index < -0.39 is 0 Å². The van der Waals surface area contributed by atoms with Crippen molar-refractivity contribution in [3.63, 3.8) is 0 Å². The quantitative estimate of drug-likeness (QED) is 0.539. The largest absolute Gasteiger partial charge is 0.198 e. The summed E-state index contributed by atoms with van der Waals surface area (Å²) in [5.41, 5.74) is 0. The molecule has 0 aromatic carbocycles. The zero-order valence-corrected chi connectivity index (χ0v) is 8.05. The van der Waals surface area contributed by atoms with Gasteiger partial charge in [-0.3, -0.25) is 0 Å². The van der Waals surface area contributed by atoms with Crippen LogP contribution in [0.4, 0.5) is 0 Å². The van der Waals surface area contributed by atoms with E-state index in [2.05, 4.69) is 13.0 Å². The fourth-order valence-electron chi connectivity index (χ4n) is 1.96. The molecule has 0 aliphatic heterocycles. The summed E-state index contributed by atoms with van der Waals surface area (Å²) in [5, 5.41) is 8.84. The van der Waals surface area contributed by atoms with Gasteiger partial charge in [0.1, 0.15) is 0 Å². The van der Waals surface area contributed by atoms with Gasteiger partial charge in [-0.1, -0.05) is 32.6 Å². The summed E-state index contributed by atoms with van der Waals surface area (Å²) in [6.07, 6.45) is 8.89. The van der Waals surface area contributed by atoms with Crippen molar-refractivity contribution in [1.82, 2.24) is 0 Å². The van der Waals surface area contributed by atoms with E-state index >= 15 is 0 Å². The van der Waals surface area contributed by atoms with Crippen LogP contribution in [0.3, 0.4) is 0 Å². The van der Waals surface area contributed by atoms with E-state index in [4.69, 9.17) is 5.26 Å². The summed E-state index contributed by atoms with van der Waals surface area (Å²) in [6, 6.07) is 2.42. The molecule has 0 amide bonds. The van der Waals surface area contributed by atoms with Crippen molar-refractivity contribution in [2.24, 2.45) is 11.8 Å². The van der Waals surface area contributed by atoms with Gasteiger partial charge in [-0.2, -0.15) is 5.26 Å². The zero-order chi connectivity index (χ0) is 8.81. The van der Waals surface area contributed by atoms with Crippen molar-refractivity contribution in [3.05, 3.63) is 0 Å². The molecule has 0 heterocycles. The SMILES string of the molecule is CC1CCCCCC(C#N)CC1. The summed E-state index contributed by atoms with van der Waals surface area (Å²) < 4.78 is 0. The van der Waals surface area contributed by atoms with Gasteiger partial charge in [0.05, 0.1) is 6.07 Å². The van der Waals surface area contributed by atoms with Crippen LogP contribution in [0.25, 0.3) is 0 Å². The fourth-order valence-corrected chi connectivity index (χ4v) is 1.96. The molecule has 1 fully saturated rings. The first-order valence-electron chi connectivity index (χ1n) is 5.22. The molecule has 1 aliphatic rings. The number of rotatable bonds is 0. The monoisotopic (exact) mass is 165 g/mol. The second-order valence-corrected chi connectivity index (χ2v) is 4.15. The summed E-state index contributed by atoms with van der Waals surface area (Å²) in [7, 11) is 0. The highest BCUT2D eigenvalue weighted by Gasteiger charge is 2.12. The van der Waals surface area contributed by atoms with Gasteiger partial charge in [0, 0.05) is 5.92 Å². The van der Waals surface area contributed by atoms with Gasteiger partial charge in [-0.15, -0.1) is 0 Å². The maximum atomic E-state index is 8.84. The van der Waals surface area contributed by atoms with Crippen LogP contribution >= 0.6 is 0 Å². The zero-order valence-electron chi connectivity index (χ0n) is 8.05. The summed E-state index contributed by atoms with van der Waals surface area (Å²) in [5.74, 6) is 1.20. The average Bonchev–Trinajstić information content (AvgIpc) is 2.17. The van der Waals surface area contributed by atoms with Crippen molar-refractivity contribution >= 4 is 0 Å². The Hall–Kier alpha value is -0.510. The van der Waals surface area contributed by atoms with E-state index in [0.717, 1.165) is 18.8 Å². The molecule has 1 rings (SSSR count). The predicted molar refractivity (Wildman–Crippen MR) is 50.6 cm³/mol. The van der Waals surface area contributed by atoms with Crippen LogP contribution in [-0.4, -0.2) is 0 Å². The molecule has 1 heteroatoms. The van der Waals surface area contributed by atoms with Gasteiger partial charge in [-0.05, 0) is 25.2 Å².